The summed E-state index contributed by atoms with van der Waals surface area (Å²) in [7, 11) is 0. The van der Waals surface area contributed by atoms with Crippen LogP contribution in [0.1, 0.15) is 55.6 Å². The first kappa shape index (κ1) is 26.8. The van der Waals surface area contributed by atoms with E-state index in [1.165, 1.54) is 41.6 Å². The van der Waals surface area contributed by atoms with Crippen molar-refractivity contribution in [2.45, 2.75) is 44.4 Å². The van der Waals surface area contributed by atoms with E-state index in [1.54, 1.807) is 17.9 Å². The number of carbonyl (C=O) groups is 1. The molecule has 13 nitrogen and oxygen atoms in total. The molecule has 2 aliphatic heterocycles. The lowest BCUT2D eigenvalue weighted by molar-refractivity contribution is -0.129. The largest absolute Gasteiger partial charge is 0.462 e. The summed E-state index contributed by atoms with van der Waals surface area (Å²) in [6.07, 6.45) is 7.76. The molecule has 7 rings (SSSR count). The number of fused-ring (bicyclic) bond motifs is 1. The second-order valence-electron chi connectivity index (χ2n) is 10.1. The summed E-state index contributed by atoms with van der Waals surface area (Å²) >= 11 is 6.12. The molecule has 218 valence electrons. The summed E-state index contributed by atoms with van der Waals surface area (Å²) in [4.78, 5) is 26.9. The number of pyridine rings is 1. The molecule has 1 saturated heterocycles. The van der Waals surface area contributed by atoms with Gasteiger partial charge in [-0.15, -0.1) is 15.3 Å². The maximum absolute atomic E-state index is 15.4. The summed E-state index contributed by atoms with van der Waals surface area (Å²) in [5.74, 6) is -1.20. The van der Waals surface area contributed by atoms with Crippen molar-refractivity contribution in [2.75, 3.05) is 0 Å². The summed E-state index contributed by atoms with van der Waals surface area (Å²) < 4.78 is 42.9. The lowest BCUT2D eigenvalue weighted by Gasteiger charge is -2.33. The molecular weight excluding hydrogens is 586 g/mol. The highest BCUT2D eigenvalue weighted by Gasteiger charge is 2.42. The van der Waals surface area contributed by atoms with Crippen molar-refractivity contribution >= 4 is 23.1 Å². The minimum atomic E-state index is -0.722. The van der Waals surface area contributed by atoms with Crippen LogP contribution in [-0.4, -0.2) is 62.2 Å². The zero-order valence-corrected chi connectivity index (χ0v) is 23.1. The summed E-state index contributed by atoms with van der Waals surface area (Å²) in [6, 6.07) is 3.93. The topological polar surface area (TPSA) is 154 Å². The van der Waals surface area contributed by atoms with Crippen molar-refractivity contribution in [3.63, 3.8) is 0 Å². The van der Waals surface area contributed by atoms with Crippen molar-refractivity contribution in [3.05, 3.63) is 83.3 Å². The number of aromatic amines is 1. The summed E-state index contributed by atoms with van der Waals surface area (Å²) in [6.45, 7) is 1.63. The monoisotopic (exact) mass is 606 g/mol. The Labute approximate surface area is 246 Å². The smallest absolute Gasteiger partial charge is 0.256 e. The quantitative estimate of drug-likeness (QED) is 0.281. The Kier molecular flexibility index (Phi) is 6.65. The Bertz CT molecular complexity index is 1840. The maximum Gasteiger partial charge on any atom is 0.256 e. The van der Waals surface area contributed by atoms with Crippen LogP contribution in [0.4, 0.5) is 8.78 Å². The Morgan fingerprint density at radius 1 is 1.16 bits per heavy atom. The number of amides is 1. The predicted molar refractivity (Wildman–Crippen MR) is 144 cm³/mol. The molecule has 43 heavy (non-hydrogen) atoms. The van der Waals surface area contributed by atoms with Crippen LogP contribution in [0.15, 0.2) is 53.8 Å². The average molecular weight is 607 g/mol. The number of rotatable bonds is 7. The zero-order chi connectivity index (χ0) is 29.7. The van der Waals surface area contributed by atoms with E-state index in [1.807, 2.05) is 0 Å². The molecule has 6 heterocycles. The number of nitrogens with zero attached hydrogens (tertiary/aromatic N) is 9. The number of hydrogen-bond acceptors (Lipinski definition) is 10. The SMILES string of the molecule is CC(Oc1nccc(-c2cnc([C@@H]3CC[C@@H]4CC(c5c(-n6cnnn6)ccc(Cl)c5F)=CC(=O)N43)[nH]2)c1F)c1nnco1. The summed E-state index contributed by atoms with van der Waals surface area (Å²) in [5, 5.41) is 18.5. The van der Waals surface area contributed by atoms with Gasteiger partial charge in [0.25, 0.3) is 11.8 Å². The number of nitrogens with one attached hydrogen (secondary N) is 1. The number of aromatic nitrogens is 9. The van der Waals surface area contributed by atoms with E-state index >= 15 is 8.78 Å². The molecule has 0 aliphatic carbocycles. The van der Waals surface area contributed by atoms with Gasteiger partial charge in [-0.2, -0.15) is 4.68 Å². The number of imidazole rings is 1. The third kappa shape index (κ3) is 4.70. The molecule has 3 atom stereocenters. The zero-order valence-electron chi connectivity index (χ0n) is 22.4. The Hall–Kier alpha value is -5.05. The molecule has 0 radical (unpaired) electrons. The lowest BCUT2D eigenvalue weighted by Crippen LogP contribution is -2.39. The van der Waals surface area contributed by atoms with Crippen LogP contribution in [0.25, 0.3) is 22.5 Å². The normalized spacial score (nSPS) is 18.9. The molecule has 4 aromatic heterocycles. The van der Waals surface area contributed by atoms with E-state index in [0.29, 0.717) is 42.0 Å². The van der Waals surface area contributed by atoms with Crippen LogP contribution in [-0.2, 0) is 4.79 Å². The molecule has 0 saturated carbocycles. The highest BCUT2D eigenvalue weighted by Crippen LogP contribution is 2.44. The molecule has 1 amide bonds. The van der Waals surface area contributed by atoms with Gasteiger partial charge in [-0.25, -0.2) is 18.7 Å². The molecule has 1 N–H and O–H groups in total. The fourth-order valence-corrected chi connectivity index (χ4v) is 5.80. The highest BCUT2D eigenvalue weighted by atomic mass is 35.5. The van der Waals surface area contributed by atoms with Gasteiger partial charge >= 0.3 is 0 Å². The maximum atomic E-state index is 15.4. The average Bonchev–Trinajstić information content (AvgIpc) is 3.82. The van der Waals surface area contributed by atoms with Crippen molar-refractivity contribution < 1.29 is 22.7 Å². The number of ether oxygens (including phenoxy) is 1. The van der Waals surface area contributed by atoms with E-state index in [4.69, 9.17) is 20.8 Å². The molecule has 2 aliphatic rings. The first-order valence-electron chi connectivity index (χ1n) is 13.3. The van der Waals surface area contributed by atoms with Crippen LogP contribution in [0.2, 0.25) is 5.02 Å². The van der Waals surface area contributed by atoms with Gasteiger partial charge in [0.05, 0.1) is 28.6 Å². The number of H-pyrrole nitrogens is 1. The van der Waals surface area contributed by atoms with Gasteiger partial charge in [0, 0.05) is 29.4 Å². The van der Waals surface area contributed by atoms with Crippen LogP contribution in [0.3, 0.4) is 0 Å². The fraction of sp³-hybridized carbons (Fsp3) is 0.259. The van der Waals surface area contributed by atoms with Crippen LogP contribution >= 0.6 is 11.6 Å². The number of carbonyl (C=O) groups excluding carboxylic acids is 1. The van der Waals surface area contributed by atoms with E-state index in [9.17, 15) is 4.79 Å². The summed E-state index contributed by atoms with van der Waals surface area (Å²) in [5.41, 5.74) is 1.63. The Morgan fingerprint density at radius 2 is 2.05 bits per heavy atom. The third-order valence-corrected chi connectivity index (χ3v) is 7.86. The van der Waals surface area contributed by atoms with Gasteiger partial charge in [0.15, 0.2) is 17.7 Å². The molecule has 16 heteroatoms. The van der Waals surface area contributed by atoms with E-state index in [0.717, 1.165) is 6.39 Å². The molecule has 1 unspecified atom stereocenters. The van der Waals surface area contributed by atoms with Crippen LogP contribution in [0, 0.1) is 11.6 Å². The lowest BCUT2D eigenvalue weighted by atomic mass is 9.92. The highest BCUT2D eigenvalue weighted by molar-refractivity contribution is 6.31. The minimum absolute atomic E-state index is 0.0731. The second-order valence-corrected chi connectivity index (χ2v) is 10.5. The van der Waals surface area contributed by atoms with Crippen LogP contribution < -0.4 is 4.74 Å². The minimum Gasteiger partial charge on any atom is -0.462 e. The van der Waals surface area contributed by atoms with Gasteiger partial charge in [0.1, 0.15) is 12.2 Å². The number of hydrogen-bond donors (Lipinski definition) is 1. The standard InChI is InChI=1S/C27H21ClF2N10O3/c1-13(26-36-34-12-42-26)43-27-23(29)16(6-7-31-27)18-10-32-25(35-18)20-4-2-15-8-14(9-21(41)40(15)20)22-19(39-11-33-37-38-39)5-3-17(28)24(22)30/h3,5-7,9-13,15,20H,2,4,8H2,1H3,(H,32,35)/t13?,15-,20+/m1/s1. The Morgan fingerprint density at radius 3 is 2.84 bits per heavy atom. The molecular formula is C27H21ClF2N10O3. The van der Waals surface area contributed by atoms with Gasteiger partial charge in [0.2, 0.25) is 12.3 Å². The van der Waals surface area contributed by atoms with Gasteiger partial charge in [-0.3, -0.25) is 4.79 Å². The first-order valence-corrected chi connectivity index (χ1v) is 13.6. The fourth-order valence-electron chi connectivity index (χ4n) is 5.64. The molecule has 0 bridgehead atoms. The molecule has 5 aromatic rings. The van der Waals surface area contributed by atoms with Gasteiger partial charge < -0.3 is 19.0 Å². The van der Waals surface area contributed by atoms with E-state index < -0.39 is 17.7 Å². The molecule has 1 fully saturated rings. The van der Waals surface area contributed by atoms with Crippen molar-refractivity contribution in [3.8, 4) is 22.8 Å². The number of tetrazole rings is 1. The second kappa shape index (κ2) is 10.7. The van der Waals surface area contributed by atoms with Gasteiger partial charge in [-0.05, 0) is 60.4 Å². The van der Waals surface area contributed by atoms with E-state index in [2.05, 4.69) is 40.7 Å². The van der Waals surface area contributed by atoms with E-state index in [-0.39, 0.29) is 45.9 Å². The van der Waals surface area contributed by atoms with Gasteiger partial charge in [-0.1, -0.05) is 11.6 Å². The van der Waals surface area contributed by atoms with Crippen LogP contribution in [0.5, 0.6) is 5.88 Å². The van der Waals surface area contributed by atoms with Crippen molar-refractivity contribution in [2.24, 2.45) is 0 Å². The van der Waals surface area contributed by atoms with Crippen molar-refractivity contribution in [1.82, 2.24) is 50.3 Å². The first-order chi connectivity index (χ1) is 20.9. The molecule has 0 spiro atoms. The van der Waals surface area contributed by atoms with Crippen molar-refractivity contribution in [1.29, 1.82) is 0 Å². The number of benzene rings is 1. The predicted octanol–water partition coefficient (Wildman–Crippen LogP) is 4.42. The molecule has 1 aromatic carbocycles. The number of halogens is 3. The third-order valence-electron chi connectivity index (χ3n) is 7.57. The Balaban J connectivity index is 1.15.